The summed E-state index contributed by atoms with van der Waals surface area (Å²) >= 11 is 3.42. The number of hydrogen-bond acceptors (Lipinski definition) is 5. The van der Waals surface area contributed by atoms with Crippen LogP contribution < -0.4 is 5.56 Å². The minimum Gasteiger partial charge on any atom is -0.325 e. The van der Waals surface area contributed by atoms with Gasteiger partial charge in [0.1, 0.15) is 0 Å². The zero-order valence-electron chi connectivity index (χ0n) is 17.4. The Bertz CT molecular complexity index is 1300. The average Bonchev–Trinajstić information content (AvgIpc) is 3.46. The first-order chi connectivity index (χ1) is 15.0. The molecule has 1 aromatic carbocycles. The molecule has 0 radical (unpaired) electrons. The number of fused-ring (bicyclic) bond motifs is 2. The van der Waals surface area contributed by atoms with E-state index in [-0.39, 0.29) is 23.4 Å². The summed E-state index contributed by atoms with van der Waals surface area (Å²) in [4.78, 5) is 31.3. The second-order valence-corrected chi connectivity index (χ2v) is 10.2. The van der Waals surface area contributed by atoms with Gasteiger partial charge in [-0.1, -0.05) is 38.1 Å². The lowest BCUT2D eigenvalue weighted by Crippen LogP contribution is -2.41. The summed E-state index contributed by atoms with van der Waals surface area (Å²) in [5, 5.41) is 9.92. The first-order valence-electron chi connectivity index (χ1n) is 10.4. The first kappa shape index (κ1) is 20.2. The minimum atomic E-state index is -0.144. The molecule has 0 unspecified atom stereocenters. The molecular weight excluding hydrogens is 426 g/mol. The van der Waals surface area contributed by atoms with Gasteiger partial charge in [-0.2, -0.15) is 5.10 Å². The fourth-order valence-corrected chi connectivity index (χ4v) is 6.05. The Hall–Kier alpha value is -2.77. The Balaban J connectivity index is 1.66. The maximum atomic E-state index is 14.0. The Morgan fingerprint density at radius 1 is 1.10 bits per heavy atom. The number of aromatic nitrogens is 2. The van der Waals surface area contributed by atoms with Gasteiger partial charge in [0.2, 0.25) is 0 Å². The predicted octanol–water partition coefficient (Wildman–Crippen LogP) is 4.96. The Kier molecular flexibility index (Phi) is 5.24. The van der Waals surface area contributed by atoms with E-state index in [9.17, 15) is 9.59 Å². The normalized spacial score (nSPS) is 16.1. The number of hydrogen-bond donors (Lipinski definition) is 0. The fraction of sp³-hybridized carbons (Fsp3) is 0.292. The highest BCUT2D eigenvalue weighted by atomic mass is 32.1. The van der Waals surface area contributed by atoms with Crippen LogP contribution in [0.2, 0.25) is 0 Å². The smallest absolute Gasteiger partial charge is 0.275 e. The molecule has 5 nitrogen and oxygen atoms in total. The molecule has 3 aromatic heterocycles. The predicted molar refractivity (Wildman–Crippen MR) is 126 cm³/mol. The van der Waals surface area contributed by atoms with E-state index in [1.54, 1.807) is 28.7 Å². The first-order valence-corrected chi connectivity index (χ1v) is 12.2. The quantitative estimate of drug-likeness (QED) is 0.442. The third-order valence-electron chi connectivity index (χ3n) is 5.65. The van der Waals surface area contributed by atoms with Crippen LogP contribution in [0.5, 0.6) is 0 Å². The molecule has 4 aromatic rings. The fourth-order valence-electron chi connectivity index (χ4n) is 4.29. The molecule has 1 aliphatic heterocycles. The molecule has 31 heavy (non-hydrogen) atoms. The Labute approximate surface area is 188 Å². The van der Waals surface area contributed by atoms with Gasteiger partial charge >= 0.3 is 0 Å². The van der Waals surface area contributed by atoms with Gasteiger partial charge in [-0.15, -0.1) is 22.7 Å². The van der Waals surface area contributed by atoms with Gasteiger partial charge in [-0.05, 0) is 46.9 Å². The molecule has 0 saturated heterocycles. The van der Waals surface area contributed by atoms with Crippen LogP contribution >= 0.6 is 22.7 Å². The van der Waals surface area contributed by atoms with Gasteiger partial charge < -0.3 is 4.90 Å². The van der Waals surface area contributed by atoms with Crippen LogP contribution in [-0.2, 0) is 13.0 Å². The highest BCUT2D eigenvalue weighted by Gasteiger charge is 2.35. The summed E-state index contributed by atoms with van der Waals surface area (Å²) in [6.07, 6.45) is 0.837. The van der Waals surface area contributed by atoms with Crippen LogP contribution in [0, 0.1) is 5.92 Å². The van der Waals surface area contributed by atoms with Crippen molar-refractivity contribution in [2.75, 3.05) is 6.54 Å². The molecule has 1 amide bonds. The average molecular weight is 450 g/mol. The van der Waals surface area contributed by atoms with Gasteiger partial charge in [0, 0.05) is 28.2 Å². The molecule has 0 bridgehead atoms. The van der Waals surface area contributed by atoms with E-state index < -0.39 is 0 Å². The van der Waals surface area contributed by atoms with E-state index in [1.165, 1.54) is 15.1 Å². The summed E-state index contributed by atoms with van der Waals surface area (Å²) in [6.45, 7) is 5.20. The summed E-state index contributed by atoms with van der Waals surface area (Å²) in [6, 6.07) is 13.5. The van der Waals surface area contributed by atoms with Crippen LogP contribution in [0.3, 0.4) is 0 Å². The topological polar surface area (TPSA) is 55.2 Å². The third-order valence-corrected chi connectivity index (χ3v) is 7.57. The van der Waals surface area contributed by atoms with Gasteiger partial charge in [-0.25, -0.2) is 4.68 Å². The van der Waals surface area contributed by atoms with Crippen molar-refractivity contribution in [2.24, 2.45) is 5.92 Å². The number of nitrogens with zero attached hydrogens (tertiary/aromatic N) is 3. The number of benzene rings is 1. The molecule has 0 N–H and O–H groups in total. The van der Waals surface area contributed by atoms with Crippen LogP contribution in [0.15, 0.2) is 58.0 Å². The molecule has 0 spiro atoms. The third kappa shape index (κ3) is 3.51. The number of amides is 1. The highest BCUT2D eigenvalue weighted by molar-refractivity contribution is 7.10. The standard InChI is InChI=1S/C24H23N3O2S2/c1-15(2)14-27-23(28)17-7-4-3-6-16(17)21(25-27)24(29)26-11-9-19-18(10-13-31-19)22(26)20-8-5-12-30-20/h3-8,10,12-13,15,22H,9,11,14H2,1-2H3/t22-/m0/s1. The summed E-state index contributed by atoms with van der Waals surface area (Å²) in [7, 11) is 0. The molecule has 0 aliphatic carbocycles. The van der Waals surface area contributed by atoms with E-state index in [0.717, 1.165) is 11.3 Å². The molecule has 7 heteroatoms. The Morgan fingerprint density at radius 3 is 2.65 bits per heavy atom. The molecule has 1 aliphatic rings. The van der Waals surface area contributed by atoms with E-state index in [2.05, 4.69) is 28.0 Å². The van der Waals surface area contributed by atoms with Crippen molar-refractivity contribution in [3.05, 3.63) is 84.6 Å². The van der Waals surface area contributed by atoms with Crippen LogP contribution in [0.4, 0.5) is 0 Å². The lowest BCUT2D eigenvalue weighted by atomic mass is 9.97. The van der Waals surface area contributed by atoms with E-state index in [1.807, 2.05) is 43.0 Å². The largest absolute Gasteiger partial charge is 0.325 e. The monoisotopic (exact) mass is 449 g/mol. The minimum absolute atomic E-state index is 0.117. The number of thiophene rings is 2. The maximum absolute atomic E-state index is 14.0. The van der Waals surface area contributed by atoms with Crippen molar-refractivity contribution in [3.8, 4) is 0 Å². The molecule has 1 atom stereocenters. The summed E-state index contributed by atoms with van der Waals surface area (Å²) in [5.41, 5.74) is 1.41. The summed E-state index contributed by atoms with van der Waals surface area (Å²) < 4.78 is 1.46. The zero-order chi connectivity index (χ0) is 21.5. The SMILES string of the molecule is CC(C)Cn1nc(C(=O)N2CCc3sccc3[C@H]2c2cccs2)c2ccccc2c1=O. The molecule has 4 heterocycles. The van der Waals surface area contributed by atoms with Crippen LogP contribution in [0.1, 0.15) is 45.7 Å². The number of carbonyl (C=O) groups is 1. The van der Waals surface area contributed by atoms with Crippen LogP contribution in [-0.4, -0.2) is 27.1 Å². The van der Waals surface area contributed by atoms with Crippen LogP contribution in [0.25, 0.3) is 10.8 Å². The molecule has 158 valence electrons. The van der Waals surface area contributed by atoms with Gasteiger partial charge in [0.15, 0.2) is 5.69 Å². The molecule has 0 saturated carbocycles. The lowest BCUT2D eigenvalue weighted by Gasteiger charge is -2.35. The second-order valence-electron chi connectivity index (χ2n) is 8.24. The van der Waals surface area contributed by atoms with Crippen molar-refractivity contribution >= 4 is 39.4 Å². The van der Waals surface area contributed by atoms with Crippen molar-refractivity contribution in [2.45, 2.75) is 32.9 Å². The van der Waals surface area contributed by atoms with Gasteiger partial charge in [0.05, 0.1) is 11.4 Å². The molecule has 5 rings (SSSR count). The molecular formula is C24H23N3O2S2. The molecule has 0 fully saturated rings. The summed E-state index contributed by atoms with van der Waals surface area (Å²) in [5.74, 6) is 0.125. The van der Waals surface area contributed by atoms with E-state index in [4.69, 9.17) is 0 Å². The Morgan fingerprint density at radius 2 is 1.90 bits per heavy atom. The highest BCUT2D eigenvalue weighted by Crippen LogP contribution is 2.40. The van der Waals surface area contributed by atoms with E-state index >= 15 is 0 Å². The van der Waals surface area contributed by atoms with Gasteiger partial charge in [0.25, 0.3) is 11.5 Å². The lowest BCUT2D eigenvalue weighted by molar-refractivity contribution is 0.0692. The second kappa shape index (κ2) is 8.05. The number of carbonyl (C=O) groups excluding carboxylic acids is 1. The van der Waals surface area contributed by atoms with Crippen molar-refractivity contribution in [3.63, 3.8) is 0 Å². The number of rotatable bonds is 4. The van der Waals surface area contributed by atoms with Gasteiger partial charge in [-0.3, -0.25) is 9.59 Å². The van der Waals surface area contributed by atoms with Crippen molar-refractivity contribution < 1.29 is 4.79 Å². The zero-order valence-corrected chi connectivity index (χ0v) is 19.1. The maximum Gasteiger partial charge on any atom is 0.275 e. The van der Waals surface area contributed by atoms with Crippen molar-refractivity contribution in [1.82, 2.24) is 14.7 Å². The van der Waals surface area contributed by atoms with E-state index in [0.29, 0.717) is 29.6 Å². The van der Waals surface area contributed by atoms with Crippen molar-refractivity contribution in [1.29, 1.82) is 0 Å².